The molecule has 96 valence electrons. The minimum Gasteiger partial charge on any atom is -0.386 e. The second-order valence-corrected chi connectivity index (χ2v) is 4.66. The summed E-state index contributed by atoms with van der Waals surface area (Å²) in [4.78, 5) is 0. The molecule has 0 fully saturated rings. The summed E-state index contributed by atoms with van der Waals surface area (Å²) in [5.74, 6) is 0. The topological polar surface area (TPSA) is 38.0 Å². The Kier molecular flexibility index (Phi) is 3.82. The van der Waals surface area contributed by atoms with Crippen LogP contribution in [-0.2, 0) is 13.0 Å². The van der Waals surface area contributed by atoms with Crippen LogP contribution < -0.4 is 0 Å². The van der Waals surface area contributed by atoms with E-state index in [9.17, 15) is 5.11 Å². The van der Waals surface area contributed by atoms with Crippen LogP contribution in [0.1, 0.15) is 35.4 Å². The summed E-state index contributed by atoms with van der Waals surface area (Å²) in [5, 5.41) is 14.6. The van der Waals surface area contributed by atoms with E-state index < -0.39 is 6.10 Å². The third kappa shape index (κ3) is 2.46. The molecule has 1 aromatic carbocycles. The molecule has 0 aliphatic rings. The van der Waals surface area contributed by atoms with E-state index in [4.69, 9.17) is 0 Å². The molecule has 1 heterocycles. The van der Waals surface area contributed by atoms with Crippen LogP contribution in [0.2, 0.25) is 0 Å². The second kappa shape index (κ2) is 5.36. The van der Waals surface area contributed by atoms with Crippen molar-refractivity contribution < 1.29 is 5.11 Å². The van der Waals surface area contributed by atoms with Crippen LogP contribution in [0.4, 0.5) is 0 Å². The Morgan fingerprint density at radius 1 is 1.22 bits per heavy atom. The lowest BCUT2D eigenvalue weighted by molar-refractivity contribution is 0.166. The molecule has 0 aliphatic heterocycles. The van der Waals surface area contributed by atoms with Gasteiger partial charge in [-0.05, 0) is 43.5 Å². The molecule has 2 aromatic rings. The number of aliphatic hydroxyl groups excluding tert-OH is 1. The Hall–Kier alpha value is -1.61. The normalized spacial score (nSPS) is 12.7. The van der Waals surface area contributed by atoms with Crippen molar-refractivity contribution in [2.24, 2.45) is 0 Å². The van der Waals surface area contributed by atoms with E-state index in [-0.39, 0.29) is 0 Å². The van der Waals surface area contributed by atoms with Gasteiger partial charge in [0.25, 0.3) is 0 Å². The van der Waals surface area contributed by atoms with Gasteiger partial charge in [-0.3, -0.25) is 4.68 Å². The summed E-state index contributed by atoms with van der Waals surface area (Å²) in [7, 11) is 0. The van der Waals surface area contributed by atoms with E-state index in [2.05, 4.69) is 37.1 Å². The molecule has 0 radical (unpaired) electrons. The lowest BCUT2D eigenvalue weighted by Crippen LogP contribution is -2.11. The summed E-state index contributed by atoms with van der Waals surface area (Å²) >= 11 is 0. The maximum Gasteiger partial charge on any atom is 0.0997 e. The average Bonchev–Trinajstić information content (AvgIpc) is 2.82. The molecule has 3 heteroatoms. The standard InChI is InChI=1S/C15H20N2O/c1-4-17-14(8-9-16-17)15(18)10-13-11(2)6-5-7-12(13)3/h5-9,15,18H,4,10H2,1-3H3. The van der Waals surface area contributed by atoms with Crippen LogP contribution in [0.3, 0.4) is 0 Å². The Labute approximate surface area is 108 Å². The van der Waals surface area contributed by atoms with Crippen LogP contribution in [0.5, 0.6) is 0 Å². The smallest absolute Gasteiger partial charge is 0.0997 e. The van der Waals surface area contributed by atoms with Crippen LogP contribution in [-0.4, -0.2) is 14.9 Å². The fourth-order valence-electron chi connectivity index (χ4n) is 2.36. The lowest BCUT2D eigenvalue weighted by atomic mass is 9.96. The molecule has 18 heavy (non-hydrogen) atoms. The molecule has 0 spiro atoms. The summed E-state index contributed by atoms with van der Waals surface area (Å²) in [5.41, 5.74) is 4.59. The monoisotopic (exact) mass is 244 g/mol. The van der Waals surface area contributed by atoms with E-state index in [0.717, 1.165) is 12.2 Å². The van der Waals surface area contributed by atoms with E-state index in [1.807, 2.05) is 17.7 Å². The van der Waals surface area contributed by atoms with Crippen molar-refractivity contribution in [3.05, 3.63) is 52.8 Å². The Morgan fingerprint density at radius 3 is 2.50 bits per heavy atom. The average molecular weight is 244 g/mol. The van der Waals surface area contributed by atoms with Gasteiger partial charge in [-0.15, -0.1) is 0 Å². The molecule has 1 aromatic heterocycles. The van der Waals surface area contributed by atoms with Crippen LogP contribution in [0.25, 0.3) is 0 Å². The number of rotatable bonds is 4. The first-order valence-electron chi connectivity index (χ1n) is 6.38. The van der Waals surface area contributed by atoms with Crippen molar-refractivity contribution in [1.29, 1.82) is 0 Å². The minimum atomic E-state index is -0.493. The number of aryl methyl sites for hydroxylation is 3. The number of nitrogens with zero attached hydrogens (tertiary/aromatic N) is 2. The Balaban J connectivity index is 2.24. The van der Waals surface area contributed by atoms with Gasteiger partial charge in [0.1, 0.15) is 0 Å². The van der Waals surface area contributed by atoms with E-state index >= 15 is 0 Å². The van der Waals surface area contributed by atoms with Gasteiger partial charge in [-0.25, -0.2) is 0 Å². The van der Waals surface area contributed by atoms with Gasteiger partial charge in [0, 0.05) is 19.2 Å². The molecule has 0 aliphatic carbocycles. The van der Waals surface area contributed by atoms with Gasteiger partial charge in [0.05, 0.1) is 11.8 Å². The molecule has 2 rings (SSSR count). The predicted octanol–water partition coefficient (Wildman–Crippen LogP) is 2.80. The molecule has 1 unspecified atom stereocenters. The highest BCUT2D eigenvalue weighted by molar-refractivity contribution is 5.34. The molecule has 1 N–H and O–H groups in total. The zero-order chi connectivity index (χ0) is 13.1. The molecular formula is C15H20N2O. The predicted molar refractivity (Wildman–Crippen MR) is 72.5 cm³/mol. The highest BCUT2D eigenvalue weighted by Crippen LogP contribution is 2.22. The first-order valence-corrected chi connectivity index (χ1v) is 6.38. The zero-order valence-corrected chi connectivity index (χ0v) is 11.2. The molecule has 0 saturated heterocycles. The molecular weight excluding hydrogens is 224 g/mol. The maximum atomic E-state index is 10.4. The molecule has 1 atom stereocenters. The third-order valence-corrected chi connectivity index (χ3v) is 3.43. The van der Waals surface area contributed by atoms with E-state index in [1.54, 1.807) is 6.20 Å². The summed E-state index contributed by atoms with van der Waals surface area (Å²) in [6, 6.07) is 8.12. The van der Waals surface area contributed by atoms with Crippen molar-refractivity contribution in [1.82, 2.24) is 9.78 Å². The van der Waals surface area contributed by atoms with Crippen LogP contribution >= 0.6 is 0 Å². The van der Waals surface area contributed by atoms with Gasteiger partial charge in [0.2, 0.25) is 0 Å². The van der Waals surface area contributed by atoms with Gasteiger partial charge >= 0.3 is 0 Å². The zero-order valence-electron chi connectivity index (χ0n) is 11.2. The highest BCUT2D eigenvalue weighted by Gasteiger charge is 2.15. The minimum absolute atomic E-state index is 0.493. The maximum absolute atomic E-state index is 10.4. The van der Waals surface area contributed by atoms with Gasteiger partial charge in [-0.1, -0.05) is 18.2 Å². The van der Waals surface area contributed by atoms with Crippen molar-refractivity contribution >= 4 is 0 Å². The highest BCUT2D eigenvalue weighted by atomic mass is 16.3. The SMILES string of the molecule is CCn1nccc1C(O)Cc1c(C)cccc1C. The summed E-state index contributed by atoms with van der Waals surface area (Å²) in [6.45, 7) is 6.99. The fraction of sp³-hybridized carbons (Fsp3) is 0.400. The first-order chi connectivity index (χ1) is 8.63. The van der Waals surface area contributed by atoms with Gasteiger partial charge < -0.3 is 5.11 Å². The van der Waals surface area contributed by atoms with Gasteiger partial charge in [0.15, 0.2) is 0 Å². The molecule has 0 saturated carbocycles. The van der Waals surface area contributed by atoms with Crippen molar-refractivity contribution in [3.63, 3.8) is 0 Å². The lowest BCUT2D eigenvalue weighted by Gasteiger charge is -2.15. The van der Waals surface area contributed by atoms with E-state index in [0.29, 0.717) is 6.42 Å². The first kappa shape index (κ1) is 12.8. The number of benzene rings is 1. The fourth-order valence-corrected chi connectivity index (χ4v) is 2.36. The second-order valence-electron chi connectivity index (χ2n) is 4.66. The summed E-state index contributed by atoms with van der Waals surface area (Å²) < 4.78 is 1.85. The molecule has 0 amide bonds. The van der Waals surface area contributed by atoms with Gasteiger partial charge in [-0.2, -0.15) is 5.10 Å². The molecule has 0 bridgehead atoms. The van der Waals surface area contributed by atoms with Crippen molar-refractivity contribution in [2.75, 3.05) is 0 Å². The van der Waals surface area contributed by atoms with Crippen molar-refractivity contribution in [2.45, 2.75) is 39.8 Å². The Morgan fingerprint density at radius 2 is 1.89 bits per heavy atom. The number of hydrogen-bond donors (Lipinski definition) is 1. The number of aliphatic hydroxyl groups is 1. The van der Waals surface area contributed by atoms with E-state index in [1.165, 1.54) is 16.7 Å². The quantitative estimate of drug-likeness (QED) is 0.898. The molecule has 3 nitrogen and oxygen atoms in total. The number of hydrogen-bond acceptors (Lipinski definition) is 2. The third-order valence-electron chi connectivity index (χ3n) is 3.43. The largest absolute Gasteiger partial charge is 0.386 e. The van der Waals surface area contributed by atoms with Crippen LogP contribution in [0, 0.1) is 13.8 Å². The number of aromatic nitrogens is 2. The summed E-state index contributed by atoms with van der Waals surface area (Å²) in [6.07, 6.45) is 1.89. The Bertz CT molecular complexity index is 511. The van der Waals surface area contributed by atoms with Crippen molar-refractivity contribution in [3.8, 4) is 0 Å². The van der Waals surface area contributed by atoms with Crippen LogP contribution in [0.15, 0.2) is 30.5 Å².